The van der Waals surface area contributed by atoms with Crippen LogP contribution >= 0.6 is 0 Å². The van der Waals surface area contributed by atoms with Crippen LogP contribution in [0.2, 0.25) is 0 Å². The maximum Gasteiger partial charge on any atom is 0.161 e. The highest BCUT2D eigenvalue weighted by atomic mass is 16.6. The van der Waals surface area contributed by atoms with Crippen molar-refractivity contribution < 1.29 is 9.47 Å². The van der Waals surface area contributed by atoms with Crippen molar-refractivity contribution in [2.45, 2.75) is 13.0 Å². The summed E-state index contributed by atoms with van der Waals surface area (Å²) < 4.78 is 11.1. The van der Waals surface area contributed by atoms with Gasteiger partial charge in [0.25, 0.3) is 0 Å². The van der Waals surface area contributed by atoms with Crippen LogP contribution in [-0.4, -0.2) is 13.2 Å². The molecule has 0 saturated carbocycles. The van der Waals surface area contributed by atoms with Crippen molar-refractivity contribution in [1.29, 1.82) is 5.26 Å². The minimum atomic E-state index is 0.447. The fourth-order valence-corrected chi connectivity index (χ4v) is 2.23. The van der Waals surface area contributed by atoms with Crippen molar-refractivity contribution in [2.24, 2.45) is 0 Å². The van der Waals surface area contributed by atoms with Crippen molar-refractivity contribution in [2.75, 3.05) is 18.5 Å². The lowest BCUT2D eigenvalue weighted by molar-refractivity contribution is 0.171. The summed E-state index contributed by atoms with van der Waals surface area (Å²) in [5.74, 6) is 1.62. The lowest BCUT2D eigenvalue weighted by Gasteiger charge is -2.19. The summed E-state index contributed by atoms with van der Waals surface area (Å²) in [7, 11) is 0. The van der Waals surface area contributed by atoms with Crippen LogP contribution in [0.1, 0.15) is 11.1 Å². The van der Waals surface area contributed by atoms with Crippen LogP contribution in [0.25, 0.3) is 0 Å². The van der Waals surface area contributed by atoms with Crippen LogP contribution in [0, 0.1) is 11.3 Å². The number of nitrogens with one attached hydrogen (secondary N) is 1. The summed E-state index contributed by atoms with van der Waals surface area (Å²) in [4.78, 5) is 0. The van der Waals surface area contributed by atoms with Crippen LogP contribution in [-0.2, 0) is 13.0 Å². The maximum atomic E-state index is 8.65. The molecule has 1 aliphatic heterocycles. The Morgan fingerprint density at radius 3 is 2.43 bits per heavy atom. The Morgan fingerprint density at radius 1 is 0.952 bits per heavy atom. The van der Waals surface area contributed by atoms with Crippen molar-refractivity contribution in [3.05, 3.63) is 53.6 Å². The topological polar surface area (TPSA) is 54.3 Å². The first kappa shape index (κ1) is 13.3. The average Bonchev–Trinajstić information content (AvgIpc) is 2.54. The van der Waals surface area contributed by atoms with E-state index in [-0.39, 0.29) is 0 Å². The molecule has 0 aliphatic carbocycles. The molecule has 106 valence electrons. The van der Waals surface area contributed by atoms with E-state index in [0.29, 0.717) is 26.2 Å². The van der Waals surface area contributed by atoms with Gasteiger partial charge in [0.15, 0.2) is 11.5 Å². The summed E-state index contributed by atoms with van der Waals surface area (Å²) in [6.07, 6.45) is 0.447. The van der Waals surface area contributed by atoms with Crippen molar-refractivity contribution in [3.8, 4) is 17.6 Å². The number of benzene rings is 2. The normalized spacial score (nSPS) is 12.5. The number of nitriles is 1. The van der Waals surface area contributed by atoms with E-state index in [9.17, 15) is 0 Å². The van der Waals surface area contributed by atoms with Crippen molar-refractivity contribution >= 4 is 5.69 Å². The molecule has 0 bridgehead atoms. The minimum absolute atomic E-state index is 0.447. The van der Waals surface area contributed by atoms with Crippen molar-refractivity contribution in [1.82, 2.24) is 0 Å². The van der Waals surface area contributed by atoms with Gasteiger partial charge in [-0.15, -0.1) is 0 Å². The quantitative estimate of drug-likeness (QED) is 0.934. The molecule has 1 heterocycles. The molecule has 2 aromatic rings. The Balaban J connectivity index is 1.63. The molecule has 0 fully saturated rings. The van der Waals surface area contributed by atoms with Crippen LogP contribution in [0.5, 0.6) is 11.5 Å². The molecule has 21 heavy (non-hydrogen) atoms. The zero-order chi connectivity index (χ0) is 14.5. The van der Waals surface area contributed by atoms with E-state index in [4.69, 9.17) is 14.7 Å². The second-order valence-electron chi connectivity index (χ2n) is 4.86. The third-order valence-corrected chi connectivity index (χ3v) is 3.34. The van der Waals surface area contributed by atoms with Crippen molar-refractivity contribution in [3.63, 3.8) is 0 Å². The monoisotopic (exact) mass is 280 g/mol. The molecule has 0 amide bonds. The Hall–Kier alpha value is -2.67. The maximum absolute atomic E-state index is 8.65. The molecule has 3 rings (SSSR count). The number of nitrogens with zero attached hydrogens (tertiary/aromatic N) is 1. The second kappa shape index (κ2) is 6.19. The molecule has 2 aromatic carbocycles. The van der Waals surface area contributed by atoms with Gasteiger partial charge in [-0.2, -0.15) is 5.26 Å². The number of anilines is 1. The van der Waals surface area contributed by atoms with E-state index in [1.807, 2.05) is 42.5 Å². The lowest BCUT2D eigenvalue weighted by Crippen LogP contribution is -2.15. The average molecular weight is 280 g/mol. The van der Waals surface area contributed by atoms with Gasteiger partial charge in [-0.05, 0) is 35.4 Å². The molecular formula is C17H16N2O2. The van der Waals surface area contributed by atoms with Gasteiger partial charge in [-0.3, -0.25) is 0 Å². The van der Waals surface area contributed by atoms with Crippen LogP contribution in [0.3, 0.4) is 0 Å². The van der Waals surface area contributed by atoms with Crippen LogP contribution in [0.15, 0.2) is 42.5 Å². The summed E-state index contributed by atoms with van der Waals surface area (Å²) in [6, 6.07) is 16.0. The third kappa shape index (κ3) is 3.26. The van der Waals surface area contributed by atoms with E-state index in [1.165, 1.54) is 0 Å². The van der Waals surface area contributed by atoms with E-state index in [0.717, 1.165) is 28.3 Å². The number of fused-ring (bicyclic) bond motifs is 1. The fraction of sp³-hybridized carbons (Fsp3) is 0.235. The van der Waals surface area contributed by atoms with Gasteiger partial charge >= 0.3 is 0 Å². The predicted octanol–water partition coefficient (Wildman–Crippen LogP) is 3.14. The second-order valence-corrected chi connectivity index (χ2v) is 4.86. The summed E-state index contributed by atoms with van der Waals surface area (Å²) >= 11 is 0. The highest BCUT2D eigenvalue weighted by molar-refractivity contribution is 5.48. The molecule has 0 atom stereocenters. The minimum Gasteiger partial charge on any atom is -0.486 e. The van der Waals surface area contributed by atoms with Gasteiger partial charge in [0.2, 0.25) is 0 Å². The predicted molar refractivity (Wildman–Crippen MR) is 80.5 cm³/mol. The summed E-state index contributed by atoms with van der Waals surface area (Å²) in [5, 5.41) is 12.0. The highest BCUT2D eigenvalue weighted by Crippen LogP contribution is 2.30. The zero-order valence-electron chi connectivity index (χ0n) is 11.6. The van der Waals surface area contributed by atoms with Gasteiger partial charge in [0, 0.05) is 12.2 Å². The molecule has 1 aliphatic rings. The first-order valence-electron chi connectivity index (χ1n) is 6.93. The zero-order valence-corrected chi connectivity index (χ0v) is 11.6. The Labute approximate surface area is 123 Å². The van der Waals surface area contributed by atoms with E-state index in [2.05, 4.69) is 11.4 Å². The van der Waals surface area contributed by atoms with Gasteiger partial charge < -0.3 is 14.8 Å². The van der Waals surface area contributed by atoms with Gasteiger partial charge in [0.1, 0.15) is 13.2 Å². The number of hydrogen-bond acceptors (Lipinski definition) is 4. The SMILES string of the molecule is N#CCc1ccc(NCc2ccc3c(c2)OCCO3)cc1. The van der Waals surface area contributed by atoms with E-state index < -0.39 is 0 Å². The molecule has 0 spiro atoms. The van der Waals surface area contributed by atoms with Crippen LogP contribution < -0.4 is 14.8 Å². The standard InChI is InChI=1S/C17H16N2O2/c18-8-7-13-1-4-15(5-2-13)19-12-14-3-6-16-17(11-14)21-10-9-20-16/h1-6,11,19H,7,9-10,12H2. The first-order valence-corrected chi connectivity index (χ1v) is 6.93. The number of hydrogen-bond donors (Lipinski definition) is 1. The highest BCUT2D eigenvalue weighted by Gasteiger charge is 2.11. The van der Waals surface area contributed by atoms with Gasteiger partial charge in [-0.1, -0.05) is 18.2 Å². The largest absolute Gasteiger partial charge is 0.486 e. The Morgan fingerprint density at radius 2 is 1.67 bits per heavy atom. The van der Waals surface area contributed by atoms with E-state index in [1.54, 1.807) is 0 Å². The molecule has 0 radical (unpaired) electrons. The molecule has 1 N–H and O–H groups in total. The third-order valence-electron chi connectivity index (χ3n) is 3.34. The van der Waals surface area contributed by atoms with Gasteiger partial charge in [0.05, 0.1) is 12.5 Å². The number of ether oxygens (including phenoxy) is 2. The Kier molecular flexibility index (Phi) is 3.92. The molecule has 4 nitrogen and oxygen atoms in total. The molecule has 0 unspecified atom stereocenters. The summed E-state index contributed by atoms with van der Waals surface area (Å²) in [5.41, 5.74) is 3.20. The van der Waals surface area contributed by atoms with Crippen LogP contribution in [0.4, 0.5) is 5.69 Å². The van der Waals surface area contributed by atoms with E-state index >= 15 is 0 Å². The first-order chi connectivity index (χ1) is 10.3. The lowest BCUT2D eigenvalue weighted by atomic mass is 10.1. The van der Waals surface area contributed by atoms with Gasteiger partial charge in [-0.25, -0.2) is 0 Å². The smallest absolute Gasteiger partial charge is 0.161 e. The molecule has 0 saturated heterocycles. The molecule has 4 heteroatoms. The fourth-order valence-electron chi connectivity index (χ4n) is 2.23. The Bertz CT molecular complexity index is 659. The summed E-state index contributed by atoms with van der Waals surface area (Å²) in [6.45, 7) is 1.93. The molecular weight excluding hydrogens is 264 g/mol. The number of rotatable bonds is 4. The molecule has 0 aromatic heterocycles.